The first kappa shape index (κ1) is 22.2. The predicted molar refractivity (Wildman–Crippen MR) is 115 cm³/mol. The highest BCUT2D eigenvalue weighted by Crippen LogP contribution is 2.22. The molecule has 28 heavy (non-hydrogen) atoms. The summed E-state index contributed by atoms with van der Waals surface area (Å²) in [5.41, 5.74) is 4.80. The molecule has 2 aromatic rings. The normalized spacial score (nSPS) is 10.8. The molecule has 0 spiro atoms. The Hall–Kier alpha value is -2.08. The Morgan fingerprint density at radius 3 is 2.18 bits per heavy atom. The minimum atomic E-state index is -0.191. The van der Waals surface area contributed by atoms with Gasteiger partial charge in [-0.15, -0.1) is 0 Å². The molecule has 2 aromatic carbocycles. The maximum absolute atomic E-state index is 12.3. The van der Waals surface area contributed by atoms with Crippen LogP contribution >= 0.6 is 23.2 Å². The van der Waals surface area contributed by atoms with Crippen LogP contribution in [-0.4, -0.2) is 36.9 Å². The van der Waals surface area contributed by atoms with Crippen LogP contribution in [0.5, 0.6) is 0 Å². The summed E-state index contributed by atoms with van der Waals surface area (Å²) in [5.74, 6) is -0.352. The highest BCUT2D eigenvalue weighted by molar-refractivity contribution is 6.35. The summed E-state index contributed by atoms with van der Waals surface area (Å²) < 4.78 is 0. The number of halogens is 2. The van der Waals surface area contributed by atoms with Crippen LogP contribution in [-0.2, 0) is 16.1 Å². The first-order valence-electron chi connectivity index (χ1n) is 8.92. The average Bonchev–Trinajstić information content (AvgIpc) is 2.57. The second kappa shape index (κ2) is 9.92. The average molecular weight is 422 g/mol. The lowest BCUT2D eigenvalue weighted by molar-refractivity contribution is -0.123. The van der Waals surface area contributed by atoms with Gasteiger partial charge >= 0.3 is 0 Å². The van der Waals surface area contributed by atoms with E-state index in [0.717, 1.165) is 27.9 Å². The first-order valence-corrected chi connectivity index (χ1v) is 9.68. The summed E-state index contributed by atoms with van der Waals surface area (Å²) in [6, 6.07) is 9.19. The minimum Gasteiger partial charge on any atom is -0.351 e. The second-order valence-corrected chi connectivity index (χ2v) is 7.85. The number of hydrogen-bond donors (Lipinski definition) is 2. The van der Waals surface area contributed by atoms with E-state index in [0.29, 0.717) is 16.6 Å². The number of likely N-dealkylation sites (N-methyl/N-ethyl adjacent to an activating group) is 1. The molecule has 0 heterocycles. The topological polar surface area (TPSA) is 61.4 Å². The van der Waals surface area contributed by atoms with E-state index >= 15 is 0 Å². The molecule has 0 aliphatic rings. The van der Waals surface area contributed by atoms with E-state index in [2.05, 4.69) is 10.6 Å². The fourth-order valence-electron chi connectivity index (χ4n) is 3.02. The standard InChI is InChI=1S/C21H25Cl2N3O2/c1-13-7-14(2)21(15(3)8-13)25-20(28)12-26(4)11-19(27)24-10-16-5-6-17(22)9-18(16)23/h5-9H,10-12H2,1-4H3,(H,24,27)(H,25,28). The Bertz CT molecular complexity index is 861. The van der Waals surface area contributed by atoms with Crippen molar-refractivity contribution in [3.8, 4) is 0 Å². The highest BCUT2D eigenvalue weighted by Gasteiger charge is 2.13. The summed E-state index contributed by atoms with van der Waals surface area (Å²) in [6.45, 7) is 6.47. The van der Waals surface area contributed by atoms with Crippen LogP contribution in [0.3, 0.4) is 0 Å². The number of anilines is 1. The van der Waals surface area contributed by atoms with Crippen LogP contribution in [0.25, 0.3) is 0 Å². The second-order valence-electron chi connectivity index (χ2n) is 7.01. The smallest absolute Gasteiger partial charge is 0.238 e. The van der Waals surface area contributed by atoms with Gasteiger partial charge in [-0.25, -0.2) is 0 Å². The van der Waals surface area contributed by atoms with Gasteiger partial charge in [-0.3, -0.25) is 14.5 Å². The summed E-state index contributed by atoms with van der Waals surface area (Å²) in [6.07, 6.45) is 0. The SMILES string of the molecule is Cc1cc(C)c(NC(=O)CN(C)CC(=O)NCc2ccc(Cl)cc2Cl)c(C)c1. The monoisotopic (exact) mass is 421 g/mol. The van der Waals surface area contributed by atoms with E-state index in [9.17, 15) is 9.59 Å². The van der Waals surface area contributed by atoms with Gasteiger partial charge in [-0.05, 0) is 56.6 Å². The molecule has 0 atom stereocenters. The Balaban J connectivity index is 1.83. The molecule has 5 nitrogen and oxygen atoms in total. The van der Waals surface area contributed by atoms with Crippen LogP contribution in [0.1, 0.15) is 22.3 Å². The van der Waals surface area contributed by atoms with Crippen LogP contribution in [0, 0.1) is 20.8 Å². The van der Waals surface area contributed by atoms with Crippen molar-refractivity contribution in [3.63, 3.8) is 0 Å². The minimum absolute atomic E-state index is 0.102. The third-order valence-corrected chi connectivity index (χ3v) is 4.85. The zero-order valence-corrected chi connectivity index (χ0v) is 18.0. The van der Waals surface area contributed by atoms with Gasteiger partial charge in [0.15, 0.2) is 0 Å². The van der Waals surface area contributed by atoms with Crippen molar-refractivity contribution in [2.24, 2.45) is 0 Å². The van der Waals surface area contributed by atoms with Crippen molar-refractivity contribution < 1.29 is 9.59 Å². The first-order chi connectivity index (χ1) is 13.2. The molecular formula is C21H25Cl2N3O2. The van der Waals surface area contributed by atoms with Crippen LogP contribution in [0.4, 0.5) is 5.69 Å². The van der Waals surface area contributed by atoms with E-state index in [1.807, 2.05) is 32.9 Å². The number of carbonyl (C=O) groups excluding carboxylic acids is 2. The molecule has 150 valence electrons. The molecule has 0 aliphatic heterocycles. The number of amides is 2. The van der Waals surface area contributed by atoms with Crippen LogP contribution in [0.15, 0.2) is 30.3 Å². The molecule has 0 saturated carbocycles. The molecule has 2 N–H and O–H groups in total. The molecule has 0 unspecified atom stereocenters. The van der Waals surface area contributed by atoms with Crippen LogP contribution in [0.2, 0.25) is 10.0 Å². The van der Waals surface area contributed by atoms with Gasteiger partial charge in [-0.1, -0.05) is 47.0 Å². The van der Waals surface area contributed by atoms with Gasteiger partial charge in [0.25, 0.3) is 0 Å². The maximum atomic E-state index is 12.3. The summed E-state index contributed by atoms with van der Waals surface area (Å²) in [4.78, 5) is 26.1. The number of nitrogens with zero attached hydrogens (tertiary/aromatic N) is 1. The molecule has 0 aliphatic carbocycles. The van der Waals surface area contributed by atoms with E-state index in [-0.39, 0.29) is 24.9 Å². The predicted octanol–water partition coefficient (Wildman–Crippen LogP) is 4.11. The largest absolute Gasteiger partial charge is 0.351 e. The lowest BCUT2D eigenvalue weighted by atomic mass is 10.1. The maximum Gasteiger partial charge on any atom is 0.238 e. The fourth-order valence-corrected chi connectivity index (χ4v) is 3.49. The van der Waals surface area contributed by atoms with E-state index in [1.54, 1.807) is 30.1 Å². The lowest BCUT2D eigenvalue weighted by Crippen LogP contribution is -2.38. The molecule has 0 saturated heterocycles. The molecule has 0 radical (unpaired) electrons. The molecule has 0 aromatic heterocycles. The lowest BCUT2D eigenvalue weighted by Gasteiger charge is -2.18. The van der Waals surface area contributed by atoms with Crippen molar-refractivity contribution in [1.82, 2.24) is 10.2 Å². The Morgan fingerprint density at radius 1 is 0.964 bits per heavy atom. The van der Waals surface area contributed by atoms with Gasteiger partial charge in [-0.2, -0.15) is 0 Å². The molecule has 7 heteroatoms. The van der Waals surface area contributed by atoms with Crippen molar-refractivity contribution in [1.29, 1.82) is 0 Å². The van der Waals surface area contributed by atoms with E-state index in [4.69, 9.17) is 23.2 Å². The summed E-state index contributed by atoms with van der Waals surface area (Å²) in [7, 11) is 1.73. The number of carbonyl (C=O) groups is 2. The Kier molecular flexibility index (Phi) is 7.87. The molecule has 2 rings (SSSR count). The van der Waals surface area contributed by atoms with Gasteiger partial charge in [0.05, 0.1) is 13.1 Å². The quantitative estimate of drug-likeness (QED) is 0.706. The zero-order valence-electron chi connectivity index (χ0n) is 16.5. The molecular weight excluding hydrogens is 397 g/mol. The van der Waals surface area contributed by atoms with Gasteiger partial charge in [0.2, 0.25) is 11.8 Å². The van der Waals surface area contributed by atoms with Crippen LogP contribution < -0.4 is 10.6 Å². The fraction of sp³-hybridized carbons (Fsp3) is 0.333. The third kappa shape index (κ3) is 6.51. The van der Waals surface area contributed by atoms with Crippen molar-refractivity contribution >= 4 is 40.7 Å². The number of rotatable bonds is 7. The molecule has 0 fully saturated rings. The van der Waals surface area contributed by atoms with Crippen molar-refractivity contribution in [2.75, 3.05) is 25.5 Å². The van der Waals surface area contributed by atoms with Crippen molar-refractivity contribution in [3.05, 3.63) is 62.6 Å². The van der Waals surface area contributed by atoms with Gasteiger partial charge in [0, 0.05) is 22.3 Å². The number of benzene rings is 2. The number of aryl methyl sites for hydroxylation is 3. The molecule has 2 amide bonds. The zero-order chi connectivity index (χ0) is 20.8. The number of nitrogens with one attached hydrogen (secondary N) is 2. The Morgan fingerprint density at radius 2 is 1.57 bits per heavy atom. The Labute approximate surface area is 176 Å². The third-order valence-electron chi connectivity index (χ3n) is 4.26. The summed E-state index contributed by atoms with van der Waals surface area (Å²) in [5, 5.41) is 6.79. The van der Waals surface area contributed by atoms with Gasteiger partial charge < -0.3 is 10.6 Å². The highest BCUT2D eigenvalue weighted by atomic mass is 35.5. The number of hydrogen-bond acceptors (Lipinski definition) is 3. The summed E-state index contributed by atoms with van der Waals surface area (Å²) >= 11 is 12.0. The van der Waals surface area contributed by atoms with Gasteiger partial charge in [0.1, 0.15) is 0 Å². The van der Waals surface area contributed by atoms with Crippen molar-refractivity contribution in [2.45, 2.75) is 27.3 Å². The van der Waals surface area contributed by atoms with E-state index < -0.39 is 0 Å². The molecule has 0 bridgehead atoms. The van der Waals surface area contributed by atoms with E-state index in [1.165, 1.54) is 0 Å².